The summed E-state index contributed by atoms with van der Waals surface area (Å²) in [6.45, 7) is 5.50. The Morgan fingerprint density at radius 2 is 1.86 bits per heavy atom. The molecule has 1 aliphatic carbocycles. The summed E-state index contributed by atoms with van der Waals surface area (Å²) in [5, 5.41) is 11.9. The monoisotopic (exact) mass is 296 g/mol. The van der Waals surface area contributed by atoms with E-state index < -0.39 is 12.0 Å². The van der Waals surface area contributed by atoms with Gasteiger partial charge >= 0.3 is 12.0 Å². The van der Waals surface area contributed by atoms with Gasteiger partial charge < -0.3 is 15.3 Å². The highest BCUT2D eigenvalue weighted by Gasteiger charge is 2.34. The van der Waals surface area contributed by atoms with Crippen molar-refractivity contribution in [3.8, 4) is 0 Å². The van der Waals surface area contributed by atoms with E-state index in [0.717, 1.165) is 25.4 Å². The zero-order valence-corrected chi connectivity index (χ0v) is 13.2. The maximum absolute atomic E-state index is 12.3. The lowest BCUT2D eigenvalue weighted by Crippen LogP contribution is -2.52. The number of hydrogen-bond acceptors (Lipinski definition) is 2. The van der Waals surface area contributed by atoms with Gasteiger partial charge in [0.1, 0.15) is 6.04 Å². The van der Waals surface area contributed by atoms with Gasteiger partial charge in [-0.15, -0.1) is 0 Å². The van der Waals surface area contributed by atoms with E-state index >= 15 is 0 Å². The third kappa shape index (κ3) is 4.35. The van der Waals surface area contributed by atoms with Crippen LogP contribution in [-0.2, 0) is 4.79 Å². The van der Waals surface area contributed by atoms with Crippen LogP contribution in [0.4, 0.5) is 4.79 Å². The molecule has 1 saturated heterocycles. The molecule has 3 atom stereocenters. The van der Waals surface area contributed by atoms with E-state index in [0.29, 0.717) is 12.3 Å². The Morgan fingerprint density at radius 1 is 1.19 bits per heavy atom. The van der Waals surface area contributed by atoms with E-state index in [1.807, 2.05) is 18.7 Å². The van der Waals surface area contributed by atoms with Crippen molar-refractivity contribution in [2.75, 3.05) is 13.1 Å². The van der Waals surface area contributed by atoms with Crippen LogP contribution >= 0.6 is 0 Å². The molecule has 1 aliphatic heterocycles. The average Bonchev–Trinajstić information content (AvgIpc) is 2.45. The van der Waals surface area contributed by atoms with Gasteiger partial charge in [-0.3, -0.25) is 0 Å². The number of carbonyl (C=O) groups excluding carboxylic acids is 1. The molecule has 1 saturated carbocycles. The van der Waals surface area contributed by atoms with Crippen LogP contribution in [0.1, 0.15) is 52.4 Å². The number of amides is 2. The summed E-state index contributed by atoms with van der Waals surface area (Å²) in [6, 6.07) is -0.978. The first-order valence-electron chi connectivity index (χ1n) is 8.25. The first-order chi connectivity index (χ1) is 9.97. The molecule has 0 aromatic carbocycles. The molecule has 5 heteroatoms. The van der Waals surface area contributed by atoms with Crippen LogP contribution in [-0.4, -0.2) is 41.1 Å². The summed E-state index contributed by atoms with van der Waals surface area (Å²) in [5.74, 6) is 0.695. The molecule has 0 aromatic heterocycles. The van der Waals surface area contributed by atoms with Gasteiger partial charge in [0.2, 0.25) is 0 Å². The predicted octanol–water partition coefficient (Wildman–Crippen LogP) is 2.71. The average molecular weight is 296 g/mol. The van der Waals surface area contributed by atoms with Crippen molar-refractivity contribution in [2.24, 2.45) is 17.8 Å². The van der Waals surface area contributed by atoms with E-state index in [4.69, 9.17) is 0 Å². The van der Waals surface area contributed by atoms with Crippen molar-refractivity contribution in [3.63, 3.8) is 0 Å². The van der Waals surface area contributed by atoms with Gasteiger partial charge in [0, 0.05) is 13.1 Å². The molecule has 2 fully saturated rings. The van der Waals surface area contributed by atoms with E-state index in [1.165, 1.54) is 25.7 Å². The maximum Gasteiger partial charge on any atom is 0.326 e. The Morgan fingerprint density at radius 3 is 2.48 bits per heavy atom. The molecule has 0 spiro atoms. The summed E-state index contributed by atoms with van der Waals surface area (Å²) in [6.07, 6.45) is 6.64. The molecule has 5 nitrogen and oxygen atoms in total. The fourth-order valence-corrected chi connectivity index (χ4v) is 3.72. The minimum absolute atomic E-state index is 0.202. The third-order valence-electron chi connectivity index (χ3n) is 4.88. The summed E-state index contributed by atoms with van der Waals surface area (Å²) in [5.41, 5.74) is 0. The summed E-state index contributed by atoms with van der Waals surface area (Å²) >= 11 is 0. The molecule has 2 amide bonds. The van der Waals surface area contributed by atoms with Crippen molar-refractivity contribution < 1.29 is 14.7 Å². The lowest BCUT2D eigenvalue weighted by atomic mass is 9.75. The van der Waals surface area contributed by atoms with Crippen molar-refractivity contribution in [3.05, 3.63) is 0 Å². The van der Waals surface area contributed by atoms with Gasteiger partial charge in [-0.2, -0.15) is 0 Å². The van der Waals surface area contributed by atoms with Gasteiger partial charge in [-0.05, 0) is 37.0 Å². The second kappa shape index (κ2) is 7.14. The van der Waals surface area contributed by atoms with Crippen LogP contribution in [0.3, 0.4) is 0 Å². The van der Waals surface area contributed by atoms with E-state index in [2.05, 4.69) is 5.32 Å². The number of piperidine rings is 1. The molecule has 1 heterocycles. The van der Waals surface area contributed by atoms with Gasteiger partial charge in [0.05, 0.1) is 0 Å². The van der Waals surface area contributed by atoms with Crippen LogP contribution in [0.15, 0.2) is 0 Å². The van der Waals surface area contributed by atoms with Gasteiger partial charge in [-0.1, -0.05) is 33.1 Å². The predicted molar refractivity (Wildman–Crippen MR) is 81.0 cm³/mol. The standard InChI is InChI=1S/C16H28N2O3/c1-11(2)9-14(15(19)20)17-16(21)18-8-7-12-5-3-4-6-13(12)10-18/h11-14H,3-10H2,1-2H3,(H,17,21)(H,19,20)/t12?,13?,14-/m0/s1. The first-order valence-corrected chi connectivity index (χ1v) is 8.25. The molecular weight excluding hydrogens is 268 g/mol. The van der Waals surface area contributed by atoms with Gasteiger partial charge in [0.25, 0.3) is 0 Å². The van der Waals surface area contributed by atoms with Crippen molar-refractivity contribution in [2.45, 2.75) is 58.4 Å². The highest BCUT2D eigenvalue weighted by molar-refractivity contribution is 5.82. The minimum Gasteiger partial charge on any atom is -0.480 e. The largest absolute Gasteiger partial charge is 0.480 e. The Hall–Kier alpha value is -1.26. The molecule has 2 aliphatic rings. The lowest BCUT2D eigenvalue weighted by Gasteiger charge is -2.41. The Kier molecular flexibility index (Phi) is 5.48. The number of likely N-dealkylation sites (tertiary alicyclic amines) is 1. The van der Waals surface area contributed by atoms with Gasteiger partial charge in [0.15, 0.2) is 0 Å². The lowest BCUT2D eigenvalue weighted by molar-refractivity contribution is -0.139. The molecule has 0 radical (unpaired) electrons. The second-order valence-electron chi connectivity index (χ2n) is 7.01. The number of nitrogens with zero attached hydrogens (tertiary/aromatic N) is 1. The molecular formula is C16H28N2O3. The first kappa shape index (κ1) is 16.1. The summed E-state index contributed by atoms with van der Waals surface area (Å²) in [4.78, 5) is 25.4. The maximum atomic E-state index is 12.3. The number of carbonyl (C=O) groups is 2. The van der Waals surface area contributed by atoms with Crippen molar-refractivity contribution >= 4 is 12.0 Å². The molecule has 0 aromatic rings. The Bertz CT molecular complexity index is 384. The molecule has 2 N–H and O–H groups in total. The number of hydrogen-bond donors (Lipinski definition) is 2. The smallest absolute Gasteiger partial charge is 0.326 e. The molecule has 120 valence electrons. The summed E-state index contributed by atoms with van der Waals surface area (Å²) < 4.78 is 0. The summed E-state index contributed by atoms with van der Waals surface area (Å²) in [7, 11) is 0. The van der Waals surface area contributed by atoms with E-state index in [1.54, 1.807) is 0 Å². The zero-order chi connectivity index (χ0) is 15.4. The number of fused-ring (bicyclic) bond motifs is 1. The topological polar surface area (TPSA) is 69.6 Å². The number of aliphatic carboxylic acids is 1. The fourth-order valence-electron chi connectivity index (χ4n) is 3.72. The van der Waals surface area contributed by atoms with Gasteiger partial charge in [-0.25, -0.2) is 9.59 Å². The highest BCUT2D eigenvalue weighted by atomic mass is 16.4. The minimum atomic E-state index is -0.940. The molecule has 2 unspecified atom stereocenters. The number of carboxylic acids is 1. The molecule has 21 heavy (non-hydrogen) atoms. The van der Waals surface area contributed by atoms with Crippen LogP contribution in [0.2, 0.25) is 0 Å². The third-order valence-corrected chi connectivity index (χ3v) is 4.88. The van der Waals surface area contributed by atoms with E-state index in [-0.39, 0.29) is 11.9 Å². The fraction of sp³-hybridized carbons (Fsp3) is 0.875. The van der Waals surface area contributed by atoms with Crippen LogP contribution in [0.5, 0.6) is 0 Å². The Balaban J connectivity index is 1.88. The second-order valence-corrected chi connectivity index (χ2v) is 7.01. The van der Waals surface area contributed by atoms with Crippen molar-refractivity contribution in [1.29, 1.82) is 0 Å². The zero-order valence-electron chi connectivity index (χ0n) is 13.2. The van der Waals surface area contributed by atoms with Crippen LogP contribution < -0.4 is 5.32 Å². The quantitative estimate of drug-likeness (QED) is 0.838. The van der Waals surface area contributed by atoms with Crippen LogP contribution in [0.25, 0.3) is 0 Å². The molecule has 2 rings (SSSR count). The SMILES string of the molecule is CC(C)C[C@H](NC(=O)N1CCC2CCCCC2C1)C(=O)O. The number of rotatable bonds is 4. The number of nitrogens with one attached hydrogen (secondary N) is 1. The Labute approximate surface area is 127 Å². The van der Waals surface area contributed by atoms with Crippen LogP contribution in [0, 0.1) is 17.8 Å². The van der Waals surface area contributed by atoms with Crippen molar-refractivity contribution in [1.82, 2.24) is 10.2 Å². The number of carboxylic acid groups (broad SMARTS) is 1. The van der Waals surface area contributed by atoms with E-state index in [9.17, 15) is 14.7 Å². The number of urea groups is 1. The normalized spacial score (nSPS) is 27.1. The highest BCUT2D eigenvalue weighted by Crippen LogP contribution is 2.35. The molecule has 0 bridgehead atoms.